The number of hydrogen-bond acceptors (Lipinski definition) is 2. The van der Waals surface area contributed by atoms with Gasteiger partial charge in [-0.25, -0.2) is 0 Å². The summed E-state index contributed by atoms with van der Waals surface area (Å²) >= 11 is 0. The second-order valence-electron chi connectivity index (χ2n) is 7.30. The van der Waals surface area contributed by atoms with Crippen molar-refractivity contribution in [2.45, 2.75) is 65.3 Å². The molecule has 1 N–H and O–H groups in total. The van der Waals surface area contributed by atoms with Crippen molar-refractivity contribution in [1.29, 1.82) is 0 Å². The number of rotatable bonds is 6. The first-order chi connectivity index (χ1) is 10.2. The first-order valence-electron chi connectivity index (χ1n) is 8.85. The molecule has 1 aromatic heterocycles. The van der Waals surface area contributed by atoms with Gasteiger partial charge in [-0.3, -0.25) is 4.98 Å². The van der Waals surface area contributed by atoms with Crippen molar-refractivity contribution < 1.29 is 0 Å². The van der Waals surface area contributed by atoms with E-state index in [0.29, 0.717) is 6.04 Å². The van der Waals surface area contributed by atoms with Crippen LogP contribution in [0.4, 0.5) is 0 Å². The summed E-state index contributed by atoms with van der Waals surface area (Å²) in [5.74, 6) is 3.00. The van der Waals surface area contributed by atoms with Gasteiger partial charge in [0.1, 0.15) is 0 Å². The number of pyridine rings is 1. The lowest BCUT2D eigenvalue weighted by atomic mass is 9.82. The molecule has 0 amide bonds. The smallest absolute Gasteiger partial charge is 0.0423 e. The first-order valence-corrected chi connectivity index (χ1v) is 8.85. The summed E-state index contributed by atoms with van der Waals surface area (Å²) in [6.07, 6.45) is 8.49. The molecule has 0 radical (unpaired) electrons. The molecule has 21 heavy (non-hydrogen) atoms. The summed E-state index contributed by atoms with van der Waals surface area (Å²) in [4.78, 5) is 4.69. The quantitative estimate of drug-likeness (QED) is 0.829. The van der Waals surface area contributed by atoms with Gasteiger partial charge in [-0.2, -0.15) is 0 Å². The van der Waals surface area contributed by atoms with E-state index in [9.17, 15) is 0 Å². The lowest BCUT2D eigenvalue weighted by Gasteiger charge is -2.28. The molecule has 2 fully saturated rings. The molecule has 2 saturated carbocycles. The fourth-order valence-electron chi connectivity index (χ4n) is 4.67. The Kier molecular flexibility index (Phi) is 4.63. The van der Waals surface area contributed by atoms with E-state index in [4.69, 9.17) is 0 Å². The predicted molar refractivity (Wildman–Crippen MR) is 88.3 cm³/mol. The van der Waals surface area contributed by atoms with Gasteiger partial charge in [-0.15, -0.1) is 0 Å². The largest absolute Gasteiger partial charge is 0.310 e. The van der Waals surface area contributed by atoms with E-state index in [1.807, 2.05) is 0 Å². The van der Waals surface area contributed by atoms with Crippen LogP contribution in [0.1, 0.15) is 68.4 Å². The Labute approximate surface area is 129 Å². The third kappa shape index (κ3) is 3.31. The molecule has 2 bridgehead atoms. The van der Waals surface area contributed by atoms with E-state index < -0.39 is 0 Å². The molecule has 2 aliphatic carbocycles. The molecular weight excluding hydrogens is 256 g/mol. The SMILES string of the molecule is CCCNC(CC1CC2CCC1C2)c1ccc(C)nc1C. The number of aryl methyl sites for hydroxylation is 2. The maximum Gasteiger partial charge on any atom is 0.0423 e. The Morgan fingerprint density at radius 1 is 1.24 bits per heavy atom. The topological polar surface area (TPSA) is 24.9 Å². The Hall–Kier alpha value is -0.890. The van der Waals surface area contributed by atoms with E-state index in [-0.39, 0.29) is 0 Å². The van der Waals surface area contributed by atoms with Gasteiger partial charge in [0, 0.05) is 17.4 Å². The minimum absolute atomic E-state index is 0.502. The number of aromatic nitrogens is 1. The summed E-state index contributed by atoms with van der Waals surface area (Å²) in [7, 11) is 0. The second kappa shape index (κ2) is 6.48. The van der Waals surface area contributed by atoms with Crippen molar-refractivity contribution in [1.82, 2.24) is 10.3 Å². The van der Waals surface area contributed by atoms with Crippen molar-refractivity contribution >= 4 is 0 Å². The molecule has 2 heteroatoms. The van der Waals surface area contributed by atoms with Crippen LogP contribution in [0.25, 0.3) is 0 Å². The van der Waals surface area contributed by atoms with Crippen LogP contribution in [0, 0.1) is 31.6 Å². The molecule has 0 saturated heterocycles. The van der Waals surface area contributed by atoms with Crippen molar-refractivity contribution in [2.75, 3.05) is 6.54 Å². The third-order valence-corrected chi connectivity index (χ3v) is 5.71. The van der Waals surface area contributed by atoms with Crippen molar-refractivity contribution in [3.8, 4) is 0 Å². The maximum atomic E-state index is 4.69. The molecule has 116 valence electrons. The van der Waals surface area contributed by atoms with Crippen molar-refractivity contribution in [3.05, 3.63) is 29.1 Å². The first kappa shape index (κ1) is 15.0. The fraction of sp³-hybridized carbons (Fsp3) is 0.737. The van der Waals surface area contributed by atoms with Gasteiger partial charge < -0.3 is 5.32 Å². The standard InChI is InChI=1S/C19H30N2/c1-4-9-20-19(18-8-5-13(2)21-14(18)3)12-17-11-15-6-7-16(17)10-15/h5,8,15-17,19-20H,4,6-7,9-12H2,1-3H3. The van der Waals surface area contributed by atoms with Crippen LogP contribution in [-0.4, -0.2) is 11.5 Å². The van der Waals surface area contributed by atoms with Crippen molar-refractivity contribution in [2.24, 2.45) is 17.8 Å². The van der Waals surface area contributed by atoms with Gasteiger partial charge in [0.15, 0.2) is 0 Å². The fourth-order valence-corrected chi connectivity index (χ4v) is 4.67. The van der Waals surface area contributed by atoms with Crippen LogP contribution >= 0.6 is 0 Å². The Morgan fingerprint density at radius 2 is 2.10 bits per heavy atom. The molecule has 1 heterocycles. The molecule has 0 aromatic carbocycles. The lowest BCUT2D eigenvalue weighted by molar-refractivity contribution is 0.278. The van der Waals surface area contributed by atoms with Crippen LogP contribution < -0.4 is 5.32 Å². The third-order valence-electron chi connectivity index (χ3n) is 5.71. The average Bonchev–Trinajstić information content (AvgIpc) is 3.06. The zero-order chi connectivity index (χ0) is 14.8. The van der Waals surface area contributed by atoms with E-state index in [1.54, 1.807) is 0 Å². The van der Waals surface area contributed by atoms with Gasteiger partial charge in [-0.1, -0.05) is 19.4 Å². The maximum absolute atomic E-state index is 4.69. The van der Waals surface area contributed by atoms with Gasteiger partial charge in [-0.05, 0) is 81.9 Å². The van der Waals surface area contributed by atoms with Crippen molar-refractivity contribution in [3.63, 3.8) is 0 Å². The zero-order valence-corrected chi connectivity index (χ0v) is 13.9. The Balaban J connectivity index is 1.74. The number of fused-ring (bicyclic) bond motifs is 2. The van der Waals surface area contributed by atoms with Crippen LogP contribution in [-0.2, 0) is 0 Å². The lowest BCUT2D eigenvalue weighted by Crippen LogP contribution is -2.27. The highest BCUT2D eigenvalue weighted by molar-refractivity contribution is 5.25. The number of nitrogens with zero attached hydrogens (tertiary/aromatic N) is 1. The molecule has 4 unspecified atom stereocenters. The second-order valence-corrected chi connectivity index (χ2v) is 7.30. The number of nitrogens with one attached hydrogen (secondary N) is 1. The zero-order valence-electron chi connectivity index (χ0n) is 13.9. The summed E-state index contributed by atoms with van der Waals surface area (Å²) < 4.78 is 0. The van der Waals surface area contributed by atoms with Crippen LogP contribution in [0.5, 0.6) is 0 Å². The van der Waals surface area contributed by atoms with Crippen LogP contribution in [0.15, 0.2) is 12.1 Å². The molecule has 0 spiro atoms. The summed E-state index contributed by atoms with van der Waals surface area (Å²) in [5, 5.41) is 3.79. The van der Waals surface area contributed by atoms with E-state index in [2.05, 4.69) is 43.2 Å². The van der Waals surface area contributed by atoms with Gasteiger partial charge in [0.25, 0.3) is 0 Å². The van der Waals surface area contributed by atoms with Gasteiger partial charge in [0.05, 0.1) is 0 Å². The molecule has 2 aliphatic rings. The highest BCUT2D eigenvalue weighted by Crippen LogP contribution is 2.51. The normalized spacial score (nSPS) is 29.0. The average molecular weight is 286 g/mol. The summed E-state index contributed by atoms with van der Waals surface area (Å²) in [6, 6.07) is 4.98. The Bertz CT molecular complexity index is 482. The molecule has 1 aromatic rings. The molecule has 3 rings (SSSR count). The van der Waals surface area contributed by atoms with E-state index in [1.165, 1.54) is 49.8 Å². The van der Waals surface area contributed by atoms with Gasteiger partial charge in [0.2, 0.25) is 0 Å². The molecule has 4 atom stereocenters. The monoisotopic (exact) mass is 286 g/mol. The summed E-state index contributed by atoms with van der Waals surface area (Å²) in [6.45, 7) is 7.62. The minimum atomic E-state index is 0.502. The molecule has 2 nitrogen and oxygen atoms in total. The Morgan fingerprint density at radius 3 is 2.71 bits per heavy atom. The van der Waals surface area contributed by atoms with Crippen LogP contribution in [0.3, 0.4) is 0 Å². The highest BCUT2D eigenvalue weighted by Gasteiger charge is 2.40. The number of hydrogen-bond donors (Lipinski definition) is 1. The van der Waals surface area contributed by atoms with Crippen LogP contribution in [0.2, 0.25) is 0 Å². The molecular formula is C19H30N2. The summed E-state index contributed by atoms with van der Waals surface area (Å²) in [5.41, 5.74) is 3.77. The highest BCUT2D eigenvalue weighted by atomic mass is 14.9. The molecule has 0 aliphatic heterocycles. The van der Waals surface area contributed by atoms with Gasteiger partial charge >= 0.3 is 0 Å². The minimum Gasteiger partial charge on any atom is -0.310 e. The predicted octanol–water partition coefficient (Wildman–Crippen LogP) is 4.57. The van der Waals surface area contributed by atoms with E-state index in [0.717, 1.165) is 30.0 Å². The van der Waals surface area contributed by atoms with E-state index >= 15 is 0 Å².